The second-order valence-corrected chi connectivity index (χ2v) is 7.20. The molecular weight excluding hydrogens is 413 g/mol. The molecule has 3 aromatic rings. The van der Waals surface area contributed by atoms with Crippen LogP contribution in [0.2, 0.25) is 5.02 Å². The Morgan fingerprint density at radius 2 is 1.86 bits per heavy atom. The predicted molar refractivity (Wildman–Crippen MR) is 113 cm³/mol. The van der Waals surface area contributed by atoms with Crippen molar-refractivity contribution in [3.8, 4) is 17.2 Å². The van der Waals surface area contributed by atoms with E-state index in [2.05, 4.69) is 5.32 Å². The van der Waals surface area contributed by atoms with Gasteiger partial charge in [-0.3, -0.25) is 0 Å². The van der Waals surface area contributed by atoms with Gasteiger partial charge in [-0.25, -0.2) is 4.39 Å². The minimum atomic E-state index is -0.386. The largest absolute Gasteiger partial charge is 0.489 e. The average molecular weight is 430 g/mol. The van der Waals surface area contributed by atoms with Crippen molar-refractivity contribution in [1.29, 1.82) is 0 Å². The van der Waals surface area contributed by atoms with E-state index in [1.165, 1.54) is 6.07 Å². The molecular formula is C22H17ClFNO3S. The van der Waals surface area contributed by atoms with Crippen LogP contribution in [0, 0.1) is 5.82 Å². The van der Waals surface area contributed by atoms with Crippen molar-refractivity contribution in [2.45, 2.75) is 13.2 Å². The molecule has 148 valence electrons. The molecule has 7 heteroatoms. The van der Waals surface area contributed by atoms with Crippen molar-refractivity contribution in [3.05, 3.63) is 88.2 Å². The molecule has 0 saturated carbocycles. The summed E-state index contributed by atoms with van der Waals surface area (Å²) in [4.78, 5) is 0.617. The first-order valence-corrected chi connectivity index (χ1v) is 9.71. The second kappa shape index (κ2) is 8.68. The molecule has 0 radical (unpaired) electrons. The Morgan fingerprint density at radius 3 is 2.66 bits per heavy atom. The van der Waals surface area contributed by atoms with Gasteiger partial charge in [-0.15, -0.1) is 0 Å². The second-order valence-electron chi connectivity index (χ2n) is 6.38. The number of hydrogen-bond acceptors (Lipinski definition) is 4. The van der Waals surface area contributed by atoms with E-state index in [1.54, 1.807) is 24.3 Å². The van der Waals surface area contributed by atoms with Gasteiger partial charge in [0.15, 0.2) is 11.5 Å². The molecule has 0 fully saturated rings. The lowest BCUT2D eigenvalue weighted by molar-refractivity contribution is 0.174. The zero-order valence-corrected chi connectivity index (χ0v) is 16.9. The molecule has 4 rings (SSSR count). The van der Waals surface area contributed by atoms with Crippen LogP contribution in [0.1, 0.15) is 16.7 Å². The molecule has 29 heavy (non-hydrogen) atoms. The van der Waals surface area contributed by atoms with Crippen LogP contribution in [0.4, 0.5) is 4.39 Å². The van der Waals surface area contributed by atoms with Crippen LogP contribution in [0.25, 0.3) is 0 Å². The summed E-state index contributed by atoms with van der Waals surface area (Å²) in [6.45, 7) is 0.874. The van der Waals surface area contributed by atoms with E-state index >= 15 is 0 Å². The first-order valence-electron chi connectivity index (χ1n) is 8.92. The molecule has 0 aliphatic carbocycles. The lowest BCUT2D eigenvalue weighted by atomic mass is 10.2. The van der Waals surface area contributed by atoms with E-state index in [4.69, 9.17) is 38.0 Å². The van der Waals surface area contributed by atoms with Crippen molar-refractivity contribution in [1.82, 2.24) is 5.32 Å². The zero-order valence-electron chi connectivity index (χ0n) is 15.3. The van der Waals surface area contributed by atoms with E-state index in [0.29, 0.717) is 27.9 Å². The van der Waals surface area contributed by atoms with Crippen molar-refractivity contribution in [3.63, 3.8) is 0 Å². The molecule has 0 aromatic heterocycles. The molecule has 1 aliphatic heterocycles. The maximum Gasteiger partial charge on any atom is 0.231 e. The van der Waals surface area contributed by atoms with Crippen LogP contribution >= 0.6 is 23.8 Å². The third kappa shape index (κ3) is 4.60. The third-order valence-corrected chi connectivity index (χ3v) is 5.19. The Kier molecular flexibility index (Phi) is 5.83. The van der Waals surface area contributed by atoms with Gasteiger partial charge < -0.3 is 19.5 Å². The van der Waals surface area contributed by atoms with Gasteiger partial charge >= 0.3 is 0 Å². The molecule has 0 saturated heterocycles. The molecule has 1 N–H and O–H groups in total. The first kappa shape index (κ1) is 19.5. The van der Waals surface area contributed by atoms with Gasteiger partial charge in [-0.2, -0.15) is 0 Å². The van der Waals surface area contributed by atoms with Gasteiger partial charge in [0.05, 0.1) is 5.02 Å². The Bertz CT molecular complexity index is 1020. The summed E-state index contributed by atoms with van der Waals surface area (Å²) >= 11 is 11.5. The van der Waals surface area contributed by atoms with Crippen LogP contribution in [-0.2, 0) is 13.2 Å². The first-order chi connectivity index (χ1) is 14.1. The van der Waals surface area contributed by atoms with Gasteiger partial charge in [-0.05, 0) is 54.1 Å². The fourth-order valence-corrected chi connectivity index (χ4v) is 3.29. The van der Waals surface area contributed by atoms with Gasteiger partial charge in [0, 0.05) is 17.7 Å². The molecule has 1 aliphatic rings. The molecule has 0 unspecified atom stereocenters. The highest BCUT2D eigenvalue weighted by atomic mass is 35.5. The van der Waals surface area contributed by atoms with Crippen LogP contribution in [0.15, 0.2) is 60.7 Å². The molecule has 4 nitrogen and oxygen atoms in total. The number of fused-ring (bicyclic) bond motifs is 1. The minimum absolute atomic E-state index is 0.0532. The van der Waals surface area contributed by atoms with Crippen molar-refractivity contribution < 1.29 is 18.6 Å². The topological polar surface area (TPSA) is 39.7 Å². The molecule has 0 amide bonds. The number of thiocarbonyl (C=S) groups is 1. The number of ether oxygens (including phenoxy) is 3. The summed E-state index contributed by atoms with van der Waals surface area (Å²) in [5.74, 6) is 1.71. The highest BCUT2D eigenvalue weighted by molar-refractivity contribution is 7.80. The summed E-state index contributed by atoms with van der Waals surface area (Å²) in [5, 5.41) is 3.57. The number of nitrogens with one attached hydrogen (secondary N) is 1. The lowest BCUT2D eigenvalue weighted by Gasteiger charge is -2.11. The van der Waals surface area contributed by atoms with E-state index in [1.807, 2.05) is 30.3 Å². The van der Waals surface area contributed by atoms with E-state index < -0.39 is 0 Å². The maximum absolute atomic E-state index is 13.8. The fourth-order valence-electron chi connectivity index (χ4n) is 2.86. The summed E-state index contributed by atoms with van der Waals surface area (Å²) < 4.78 is 30.2. The Hall–Kier alpha value is -2.83. The number of hydrogen-bond donors (Lipinski definition) is 1. The SMILES string of the molecule is Fc1cccc(Cl)c1COc1ccc(C(=S)NCc2ccc3c(c2)OCO3)cc1. The minimum Gasteiger partial charge on any atom is -0.489 e. The van der Waals surface area contributed by atoms with Crippen LogP contribution < -0.4 is 19.5 Å². The predicted octanol–water partition coefficient (Wildman–Crippen LogP) is 5.25. The summed E-state index contributed by atoms with van der Waals surface area (Å²) in [7, 11) is 0. The quantitative estimate of drug-likeness (QED) is 0.542. The van der Waals surface area contributed by atoms with Gasteiger partial charge in [0.25, 0.3) is 0 Å². The van der Waals surface area contributed by atoms with Gasteiger partial charge in [-0.1, -0.05) is 36.0 Å². The average Bonchev–Trinajstić information content (AvgIpc) is 3.20. The normalized spacial score (nSPS) is 11.9. The van der Waals surface area contributed by atoms with Crippen molar-refractivity contribution in [2.75, 3.05) is 6.79 Å². The van der Waals surface area contributed by atoms with Crippen molar-refractivity contribution in [2.24, 2.45) is 0 Å². The number of benzene rings is 3. The van der Waals surface area contributed by atoms with Crippen LogP contribution in [-0.4, -0.2) is 11.8 Å². The van der Waals surface area contributed by atoms with Gasteiger partial charge in [0.1, 0.15) is 23.2 Å². The Morgan fingerprint density at radius 1 is 1.07 bits per heavy atom. The standard InChI is InChI=1S/C22H17ClFNO3S/c23-18-2-1-3-19(24)17(18)12-26-16-7-5-15(6-8-16)22(29)25-11-14-4-9-20-21(10-14)28-13-27-20/h1-10H,11-13H2,(H,25,29). The zero-order chi connectivity index (χ0) is 20.2. The number of halogens is 2. The van der Waals surface area contributed by atoms with Crippen LogP contribution in [0.5, 0.6) is 17.2 Å². The molecule has 0 spiro atoms. The van der Waals surface area contributed by atoms with E-state index in [-0.39, 0.29) is 19.2 Å². The molecule has 0 bridgehead atoms. The molecule has 1 heterocycles. The van der Waals surface area contributed by atoms with Gasteiger partial charge in [0.2, 0.25) is 6.79 Å². The monoisotopic (exact) mass is 429 g/mol. The highest BCUT2D eigenvalue weighted by Crippen LogP contribution is 2.32. The summed E-state index contributed by atoms with van der Waals surface area (Å²) in [5.41, 5.74) is 2.23. The summed E-state index contributed by atoms with van der Waals surface area (Å²) in [6.07, 6.45) is 0. The summed E-state index contributed by atoms with van der Waals surface area (Å²) in [6, 6.07) is 17.6. The maximum atomic E-state index is 13.8. The smallest absolute Gasteiger partial charge is 0.231 e. The number of rotatable bonds is 6. The Balaban J connectivity index is 1.33. The van der Waals surface area contributed by atoms with Crippen LogP contribution in [0.3, 0.4) is 0 Å². The fraction of sp³-hybridized carbons (Fsp3) is 0.136. The van der Waals surface area contributed by atoms with Crippen molar-refractivity contribution >= 4 is 28.8 Å². The Labute approximate surface area is 178 Å². The van der Waals surface area contributed by atoms with E-state index in [0.717, 1.165) is 22.6 Å². The third-order valence-electron chi connectivity index (χ3n) is 4.45. The molecule has 3 aromatic carbocycles. The van der Waals surface area contributed by atoms with E-state index in [9.17, 15) is 4.39 Å². The molecule has 0 atom stereocenters. The highest BCUT2D eigenvalue weighted by Gasteiger charge is 2.13. The lowest BCUT2D eigenvalue weighted by Crippen LogP contribution is -2.21.